The minimum atomic E-state index is -4.47. The lowest BCUT2D eigenvalue weighted by Gasteiger charge is -2.24. The number of amides is 2. The van der Waals surface area contributed by atoms with E-state index in [0.717, 1.165) is 10.9 Å². The normalized spacial score (nSPS) is 17.9. The Balaban J connectivity index is 1.80. The van der Waals surface area contributed by atoms with Gasteiger partial charge in [-0.2, -0.15) is 13.2 Å². The number of likely N-dealkylation sites (tertiary alicyclic amines) is 1. The summed E-state index contributed by atoms with van der Waals surface area (Å²) in [6.45, 7) is -1.04. The van der Waals surface area contributed by atoms with Crippen LogP contribution in [0, 0.1) is 0 Å². The number of hydrogen-bond acceptors (Lipinski definition) is 2. The molecule has 0 saturated carbocycles. The lowest BCUT2D eigenvalue weighted by Crippen LogP contribution is -2.48. The van der Waals surface area contributed by atoms with E-state index in [0.29, 0.717) is 25.1 Å². The summed E-state index contributed by atoms with van der Waals surface area (Å²) in [4.78, 5) is 26.3. The molecule has 0 radical (unpaired) electrons. The molecule has 2 heterocycles. The fraction of sp³-hybridized carbons (Fsp3) is 0.412. The molecule has 1 unspecified atom stereocenters. The molecule has 25 heavy (non-hydrogen) atoms. The van der Waals surface area contributed by atoms with Gasteiger partial charge in [0.2, 0.25) is 5.91 Å². The van der Waals surface area contributed by atoms with E-state index in [1.807, 2.05) is 29.6 Å². The quantitative estimate of drug-likeness (QED) is 0.922. The Morgan fingerprint density at radius 3 is 2.68 bits per heavy atom. The number of alkyl halides is 3. The minimum Gasteiger partial charge on any atom is -0.345 e. The van der Waals surface area contributed by atoms with Gasteiger partial charge in [-0.1, -0.05) is 18.2 Å². The van der Waals surface area contributed by atoms with E-state index in [2.05, 4.69) is 0 Å². The summed E-state index contributed by atoms with van der Waals surface area (Å²) < 4.78 is 38.6. The van der Waals surface area contributed by atoms with Crippen molar-refractivity contribution in [3.8, 4) is 0 Å². The third kappa shape index (κ3) is 3.47. The number of nitrogens with zero attached hydrogens (tertiary/aromatic N) is 2. The zero-order valence-corrected chi connectivity index (χ0v) is 13.6. The molecule has 1 atom stereocenters. The Labute approximate surface area is 142 Å². The maximum atomic E-state index is 12.9. The number of benzene rings is 1. The van der Waals surface area contributed by atoms with Crippen LogP contribution in [0.15, 0.2) is 30.3 Å². The van der Waals surface area contributed by atoms with Crippen molar-refractivity contribution in [3.63, 3.8) is 0 Å². The molecular formula is C17H18F3N3O2. The Hall–Kier alpha value is -2.51. The van der Waals surface area contributed by atoms with Gasteiger partial charge in [0.15, 0.2) is 0 Å². The van der Waals surface area contributed by atoms with E-state index < -0.39 is 24.7 Å². The van der Waals surface area contributed by atoms with E-state index >= 15 is 0 Å². The van der Waals surface area contributed by atoms with Crippen molar-refractivity contribution < 1.29 is 22.8 Å². The van der Waals surface area contributed by atoms with Crippen LogP contribution in [0.5, 0.6) is 0 Å². The van der Waals surface area contributed by atoms with Gasteiger partial charge in [0.05, 0.1) is 0 Å². The molecule has 1 N–H and O–H groups in total. The average molecular weight is 353 g/mol. The molecule has 0 spiro atoms. The molecule has 3 rings (SSSR count). The van der Waals surface area contributed by atoms with Gasteiger partial charge in [0.25, 0.3) is 5.91 Å². The average Bonchev–Trinajstić information content (AvgIpc) is 3.17. The molecule has 8 heteroatoms. The van der Waals surface area contributed by atoms with Crippen molar-refractivity contribution in [2.45, 2.75) is 25.1 Å². The lowest BCUT2D eigenvalue weighted by atomic mass is 10.2. The van der Waals surface area contributed by atoms with E-state index in [1.165, 1.54) is 4.90 Å². The fourth-order valence-corrected chi connectivity index (χ4v) is 3.23. The lowest BCUT2D eigenvalue weighted by molar-refractivity contribution is -0.140. The number of nitrogens with one attached hydrogen (secondary N) is 1. The summed E-state index contributed by atoms with van der Waals surface area (Å²) in [5.41, 5.74) is 1.29. The molecule has 0 bridgehead atoms. The van der Waals surface area contributed by atoms with Gasteiger partial charge in [0.1, 0.15) is 18.3 Å². The van der Waals surface area contributed by atoms with Gasteiger partial charge in [-0.05, 0) is 25.0 Å². The van der Waals surface area contributed by atoms with E-state index in [1.54, 1.807) is 17.7 Å². The second-order valence-electron chi connectivity index (χ2n) is 6.14. The SMILES string of the molecule is Cn1c(C(=O)N2CCCC2C(=O)NCC(F)(F)F)cc2ccccc21. The number of para-hydroxylation sites is 1. The summed E-state index contributed by atoms with van der Waals surface area (Å²) in [5.74, 6) is -1.11. The number of hydrogen-bond donors (Lipinski definition) is 1. The Morgan fingerprint density at radius 2 is 2.00 bits per heavy atom. The van der Waals surface area contributed by atoms with Crippen LogP contribution in [0.2, 0.25) is 0 Å². The van der Waals surface area contributed by atoms with Gasteiger partial charge in [-0.3, -0.25) is 9.59 Å². The van der Waals surface area contributed by atoms with E-state index in [9.17, 15) is 22.8 Å². The first kappa shape index (κ1) is 17.3. The van der Waals surface area contributed by atoms with Crippen LogP contribution in [-0.2, 0) is 11.8 Å². The second kappa shape index (κ2) is 6.42. The zero-order chi connectivity index (χ0) is 18.2. The minimum absolute atomic E-state index is 0.344. The van der Waals surface area contributed by atoms with Crippen LogP contribution in [0.4, 0.5) is 13.2 Å². The highest BCUT2D eigenvalue weighted by Gasteiger charge is 2.37. The molecule has 0 aliphatic carbocycles. The summed E-state index contributed by atoms with van der Waals surface area (Å²) in [5, 5.41) is 2.77. The fourth-order valence-electron chi connectivity index (χ4n) is 3.23. The highest BCUT2D eigenvalue weighted by atomic mass is 19.4. The van der Waals surface area contributed by atoms with Crippen molar-refractivity contribution in [3.05, 3.63) is 36.0 Å². The van der Waals surface area contributed by atoms with Crippen molar-refractivity contribution in [2.24, 2.45) is 7.05 Å². The summed E-state index contributed by atoms with van der Waals surface area (Å²) >= 11 is 0. The van der Waals surface area contributed by atoms with Crippen molar-refractivity contribution in [1.29, 1.82) is 0 Å². The molecule has 1 aromatic heterocycles. The molecule has 2 aromatic rings. The van der Waals surface area contributed by atoms with Crippen LogP contribution in [0.3, 0.4) is 0 Å². The van der Waals surface area contributed by atoms with Gasteiger partial charge in [-0.15, -0.1) is 0 Å². The Morgan fingerprint density at radius 1 is 1.28 bits per heavy atom. The number of rotatable bonds is 3. The largest absolute Gasteiger partial charge is 0.405 e. The molecule has 5 nitrogen and oxygen atoms in total. The molecule has 134 valence electrons. The highest BCUT2D eigenvalue weighted by molar-refractivity contribution is 6.01. The summed E-state index contributed by atoms with van der Waals surface area (Å²) in [6, 6.07) is 8.35. The smallest absolute Gasteiger partial charge is 0.345 e. The Bertz CT molecular complexity index is 813. The number of fused-ring (bicyclic) bond motifs is 1. The zero-order valence-electron chi connectivity index (χ0n) is 13.6. The van der Waals surface area contributed by atoms with Crippen LogP contribution in [0.25, 0.3) is 10.9 Å². The van der Waals surface area contributed by atoms with Crippen molar-refractivity contribution in [2.75, 3.05) is 13.1 Å². The number of carbonyl (C=O) groups excluding carboxylic acids is 2. The highest BCUT2D eigenvalue weighted by Crippen LogP contribution is 2.24. The van der Waals surface area contributed by atoms with Crippen molar-refractivity contribution in [1.82, 2.24) is 14.8 Å². The van der Waals surface area contributed by atoms with Crippen molar-refractivity contribution >= 4 is 22.7 Å². The third-order valence-corrected chi connectivity index (χ3v) is 4.45. The van der Waals surface area contributed by atoms with Gasteiger partial charge < -0.3 is 14.8 Å². The standard InChI is InChI=1S/C17H18F3N3O2/c1-22-12-6-3-2-5-11(12)9-14(22)16(25)23-8-4-7-13(23)15(24)21-10-17(18,19)20/h2-3,5-6,9,13H,4,7-8,10H2,1H3,(H,21,24). The van der Waals surface area contributed by atoms with Gasteiger partial charge >= 0.3 is 6.18 Å². The number of aromatic nitrogens is 1. The molecular weight excluding hydrogens is 335 g/mol. The number of aryl methyl sites for hydroxylation is 1. The summed E-state index contributed by atoms with van der Waals surface area (Å²) in [6.07, 6.45) is -3.53. The predicted octanol–water partition coefficient (Wildman–Crippen LogP) is 2.46. The molecule has 1 saturated heterocycles. The number of halogens is 3. The van der Waals surface area contributed by atoms with Gasteiger partial charge in [0, 0.05) is 24.5 Å². The van der Waals surface area contributed by atoms with Crippen LogP contribution < -0.4 is 5.32 Å². The van der Waals surface area contributed by atoms with E-state index in [-0.39, 0.29) is 5.91 Å². The van der Waals surface area contributed by atoms with Gasteiger partial charge in [-0.25, -0.2) is 0 Å². The molecule has 2 amide bonds. The van der Waals surface area contributed by atoms with Crippen LogP contribution in [-0.4, -0.2) is 46.6 Å². The second-order valence-corrected chi connectivity index (χ2v) is 6.14. The topological polar surface area (TPSA) is 54.3 Å². The monoisotopic (exact) mass is 353 g/mol. The van der Waals surface area contributed by atoms with Crippen LogP contribution in [0.1, 0.15) is 23.3 Å². The first-order valence-corrected chi connectivity index (χ1v) is 7.98. The maximum Gasteiger partial charge on any atom is 0.405 e. The maximum absolute atomic E-state index is 12.9. The van der Waals surface area contributed by atoms with E-state index in [4.69, 9.17) is 0 Å². The molecule has 1 fully saturated rings. The summed E-state index contributed by atoms with van der Waals surface area (Å²) in [7, 11) is 1.75. The first-order chi connectivity index (χ1) is 11.8. The molecule has 1 aliphatic heterocycles. The number of carbonyl (C=O) groups is 2. The molecule has 1 aliphatic rings. The molecule has 1 aromatic carbocycles. The predicted molar refractivity (Wildman–Crippen MR) is 86.0 cm³/mol. The van der Waals surface area contributed by atoms with Crippen LogP contribution >= 0.6 is 0 Å². The Kier molecular flexibility index (Phi) is 4.45. The first-order valence-electron chi connectivity index (χ1n) is 7.98. The third-order valence-electron chi connectivity index (χ3n) is 4.45.